The molecule has 1 heterocycles. The minimum Gasteiger partial charge on any atom is -0.459 e. The molecule has 4 rings (SSSR count). The summed E-state index contributed by atoms with van der Waals surface area (Å²) < 4.78 is 5.63. The summed E-state index contributed by atoms with van der Waals surface area (Å²) in [5, 5.41) is 7.01. The maximum Gasteiger partial charge on any atom is 0.332 e. The minimum atomic E-state index is -0.935. The highest BCUT2D eigenvalue weighted by molar-refractivity contribution is 7.13. The Balaban J connectivity index is 1.53. The van der Waals surface area contributed by atoms with E-state index in [1.807, 2.05) is 60.0 Å². The van der Waals surface area contributed by atoms with Gasteiger partial charge in [0.1, 0.15) is 12.1 Å². The van der Waals surface area contributed by atoms with Crippen molar-refractivity contribution >= 4 is 34.0 Å². The number of ether oxygens (including phenoxy) is 1. The van der Waals surface area contributed by atoms with Gasteiger partial charge in [-0.15, -0.1) is 11.3 Å². The SMILES string of the molecule is O=C(NC1(C(=O)OCc2ccccc2)CCCCC1)c1scc2ccccc12. The zero-order valence-electron chi connectivity index (χ0n) is 15.6. The average molecular weight is 394 g/mol. The van der Waals surface area contributed by atoms with Crippen LogP contribution in [0.25, 0.3) is 10.8 Å². The summed E-state index contributed by atoms with van der Waals surface area (Å²) in [6, 6.07) is 17.5. The maximum atomic E-state index is 13.1. The van der Waals surface area contributed by atoms with E-state index in [1.54, 1.807) is 0 Å². The van der Waals surface area contributed by atoms with E-state index >= 15 is 0 Å². The van der Waals surface area contributed by atoms with E-state index in [-0.39, 0.29) is 18.5 Å². The van der Waals surface area contributed by atoms with Gasteiger partial charge in [-0.05, 0) is 29.2 Å². The highest BCUT2D eigenvalue weighted by Crippen LogP contribution is 2.32. The van der Waals surface area contributed by atoms with Gasteiger partial charge in [0.25, 0.3) is 5.91 Å². The summed E-state index contributed by atoms with van der Waals surface area (Å²) in [4.78, 5) is 26.7. The van der Waals surface area contributed by atoms with Gasteiger partial charge in [-0.3, -0.25) is 4.79 Å². The van der Waals surface area contributed by atoms with E-state index in [9.17, 15) is 9.59 Å². The number of fused-ring (bicyclic) bond motifs is 1. The normalized spacial score (nSPS) is 15.9. The van der Waals surface area contributed by atoms with Crippen molar-refractivity contribution < 1.29 is 14.3 Å². The van der Waals surface area contributed by atoms with Crippen LogP contribution in [-0.2, 0) is 16.1 Å². The molecule has 1 saturated carbocycles. The quantitative estimate of drug-likeness (QED) is 0.615. The third-order valence-corrected chi connectivity index (χ3v) is 6.39. The van der Waals surface area contributed by atoms with Gasteiger partial charge in [-0.25, -0.2) is 4.79 Å². The number of hydrogen-bond acceptors (Lipinski definition) is 4. The van der Waals surface area contributed by atoms with Gasteiger partial charge in [0.05, 0.1) is 4.88 Å². The number of benzene rings is 2. The van der Waals surface area contributed by atoms with Gasteiger partial charge in [-0.1, -0.05) is 73.9 Å². The Morgan fingerprint density at radius 3 is 2.46 bits per heavy atom. The van der Waals surface area contributed by atoms with Crippen molar-refractivity contribution in [2.24, 2.45) is 0 Å². The third kappa shape index (κ3) is 3.80. The van der Waals surface area contributed by atoms with Crippen LogP contribution in [0.3, 0.4) is 0 Å². The van der Waals surface area contributed by atoms with E-state index in [1.165, 1.54) is 11.3 Å². The molecule has 1 N–H and O–H groups in total. The molecule has 1 aromatic heterocycles. The first kappa shape index (κ1) is 18.7. The molecule has 1 aliphatic carbocycles. The Bertz CT molecular complexity index is 974. The molecule has 1 fully saturated rings. The lowest BCUT2D eigenvalue weighted by atomic mass is 9.81. The van der Waals surface area contributed by atoms with Crippen LogP contribution in [0.4, 0.5) is 0 Å². The number of carbonyl (C=O) groups excluding carboxylic acids is 2. The summed E-state index contributed by atoms with van der Waals surface area (Å²) in [6.45, 7) is 0.221. The molecule has 144 valence electrons. The molecule has 1 amide bonds. The molecule has 4 nitrogen and oxygen atoms in total. The van der Waals surface area contributed by atoms with Crippen LogP contribution in [0.1, 0.15) is 47.3 Å². The molecule has 0 unspecified atom stereocenters. The van der Waals surface area contributed by atoms with Crippen molar-refractivity contribution in [2.75, 3.05) is 0 Å². The Morgan fingerprint density at radius 1 is 0.964 bits per heavy atom. The lowest BCUT2D eigenvalue weighted by Gasteiger charge is -2.35. The van der Waals surface area contributed by atoms with Crippen molar-refractivity contribution in [2.45, 2.75) is 44.2 Å². The first-order valence-corrected chi connectivity index (χ1v) is 10.6. The molecule has 3 aromatic rings. The standard InChI is InChI=1S/C23H23NO3S/c25-21(20-19-12-6-5-11-18(19)16-28-20)24-23(13-7-2-8-14-23)22(26)27-15-17-9-3-1-4-10-17/h1,3-6,9-12,16H,2,7-8,13-15H2,(H,24,25). The molecule has 0 saturated heterocycles. The Hall–Kier alpha value is -2.66. The van der Waals surface area contributed by atoms with Crippen LogP contribution in [-0.4, -0.2) is 17.4 Å². The number of carbonyl (C=O) groups is 2. The fourth-order valence-corrected chi connectivity index (χ4v) is 4.76. The summed E-state index contributed by atoms with van der Waals surface area (Å²) >= 11 is 1.42. The van der Waals surface area contributed by atoms with E-state index in [4.69, 9.17) is 4.74 Å². The third-order valence-electron chi connectivity index (χ3n) is 5.38. The first-order chi connectivity index (χ1) is 13.7. The van der Waals surface area contributed by atoms with Crippen molar-refractivity contribution in [1.29, 1.82) is 0 Å². The van der Waals surface area contributed by atoms with Crippen LogP contribution in [0.5, 0.6) is 0 Å². The van der Waals surface area contributed by atoms with E-state index < -0.39 is 5.54 Å². The van der Waals surface area contributed by atoms with Gasteiger partial charge >= 0.3 is 5.97 Å². The number of hydrogen-bond donors (Lipinski definition) is 1. The van der Waals surface area contributed by atoms with Crippen LogP contribution in [0, 0.1) is 0 Å². The molecule has 0 spiro atoms. The second-order valence-corrected chi connectivity index (χ2v) is 8.19. The van der Waals surface area contributed by atoms with Crippen molar-refractivity contribution in [3.05, 3.63) is 70.4 Å². The molecule has 5 heteroatoms. The van der Waals surface area contributed by atoms with Crippen LogP contribution < -0.4 is 5.32 Å². The molecular weight excluding hydrogens is 370 g/mol. The van der Waals surface area contributed by atoms with Gasteiger partial charge in [0, 0.05) is 5.39 Å². The average Bonchev–Trinajstić information content (AvgIpc) is 3.18. The van der Waals surface area contributed by atoms with Gasteiger partial charge in [-0.2, -0.15) is 0 Å². The first-order valence-electron chi connectivity index (χ1n) is 9.68. The fourth-order valence-electron chi connectivity index (χ4n) is 3.84. The van der Waals surface area contributed by atoms with Crippen molar-refractivity contribution in [1.82, 2.24) is 5.32 Å². The molecule has 1 aliphatic rings. The molecular formula is C23H23NO3S. The monoisotopic (exact) mass is 393 g/mol. The van der Waals surface area contributed by atoms with Crippen LogP contribution >= 0.6 is 11.3 Å². The zero-order valence-corrected chi connectivity index (χ0v) is 16.5. The Labute approximate surface area is 168 Å². The molecule has 0 atom stereocenters. The lowest BCUT2D eigenvalue weighted by molar-refractivity contribution is -0.154. The highest BCUT2D eigenvalue weighted by atomic mass is 32.1. The largest absolute Gasteiger partial charge is 0.459 e. The zero-order chi connectivity index (χ0) is 19.4. The summed E-state index contributed by atoms with van der Waals surface area (Å²) in [5.41, 5.74) is 0.00671. The predicted octanol–water partition coefficient (Wildman–Crippen LogP) is 5.08. The second-order valence-electron chi connectivity index (χ2n) is 7.31. The molecule has 0 aliphatic heterocycles. The number of amides is 1. The van der Waals surface area contributed by atoms with E-state index in [2.05, 4.69) is 5.32 Å². The van der Waals surface area contributed by atoms with Crippen LogP contribution in [0.2, 0.25) is 0 Å². The highest BCUT2D eigenvalue weighted by Gasteiger charge is 2.42. The predicted molar refractivity (Wildman–Crippen MR) is 111 cm³/mol. The van der Waals surface area contributed by atoms with Gasteiger partial charge in [0.15, 0.2) is 0 Å². The van der Waals surface area contributed by atoms with Gasteiger partial charge < -0.3 is 10.1 Å². The maximum absolute atomic E-state index is 13.1. The van der Waals surface area contributed by atoms with E-state index in [0.717, 1.165) is 35.6 Å². The second kappa shape index (κ2) is 8.15. The lowest BCUT2D eigenvalue weighted by Crippen LogP contribution is -2.56. The number of thiophene rings is 1. The topological polar surface area (TPSA) is 55.4 Å². The summed E-state index contributed by atoms with van der Waals surface area (Å²) in [6.07, 6.45) is 4.13. The van der Waals surface area contributed by atoms with Gasteiger partial charge in [0.2, 0.25) is 0 Å². The Kier molecular flexibility index (Phi) is 5.44. The van der Waals surface area contributed by atoms with E-state index in [0.29, 0.717) is 17.7 Å². The molecule has 2 aromatic carbocycles. The fraction of sp³-hybridized carbons (Fsp3) is 0.304. The smallest absolute Gasteiger partial charge is 0.332 e. The summed E-state index contributed by atoms with van der Waals surface area (Å²) in [5.74, 6) is -0.518. The summed E-state index contributed by atoms with van der Waals surface area (Å²) in [7, 11) is 0. The minimum absolute atomic E-state index is 0.190. The number of rotatable bonds is 5. The number of nitrogens with one attached hydrogen (secondary N) is 1. The number of esters is 1. The molecule has 0 radical (unpaired) electrons. The Morgan fingerprint density at radius 2 is 1.68 bits per heavy atom. The van der Waals surface area contributed by atoms with Crippen LogP contribution in [0.15, 0.2) is 60.0 Å². The molecule has 0 bridgehead atoms. The molecule has 28 heavy (non-hydrogen) atoms. The van der Waals surface area contributed by atoms with Crippen molar-refractivity contribution in [3.8, 4) is 0 Å². The van der Waals surface area contributed by atoms with Crippen molar-refractivity contribution in [3.63, 3.8) is 0 Å².